The van der Waals surface area contributed by atoms with Crippen molar-refractivity contribution in [1.82, 2.24) is 5.32 Å². The van der Waals surface area contributed by atoms with Gasteiger partial charge in [0.2, 0.25) is 0 Å². The van der Waals surface area contributed by atoms with Crippen molar-refractivity contribution in [2.24, 2.45) is 5.92 Å². The summed E-state index contributed by atoms with van der Waals surface area (Å²) in [5.74, 6) is 1.53. The van der Waals surface area contributed by atoms with Crippen molar-refractivity contribution >= 4 is 10.8 Å². The van der Waals surface area contributed by atoms with Crippen molar-refractivity contribution in [3.05, 3.63) is 0 Å². The van der Waals surface area contributed by atoms with E-state index in [1.54, 1.807) is 6.26 Å². The van der Waals surface area contributed by atoms with Crippen LogP contribution >= 0.6 is 0 Å². The molecule has 0 bridgehead atoms. The van der Waals surface area contributed by atoms with Gasteiger partial charge >= 0.3 is 0 Å². The molecule has 0 spiro atoms. The SMILES string of the molecule is CC1CCC(OCC(O)CNC(C)CCS(C)=O)CC1. The van der Waals surface area contributed by atoms with Gasteiger partial charge in [0.05, 0.1) is 18.8 Å². The third-order valence-electron chi connectivity index (χ3n) is 4.03. The summed E-state index contributed by atoms with van der Waals surface area (Å²) in [6, 6.07) is 0.282. The van der Waals surface area contributed by atoms with Gasteiger partial charge in [-0.1, -0.05) is 6.92 Å². The first-order valence-corrected chi connectivity index (χ1v) is 9.53. The highest BCUT2D eigenvalue weighted by atomic mass is 32.2. The van der Waals surface area contributed by atoms with Gasteiger partial charge in [0.15, 0.2) is 0 Å². The Morgan fingerprint density at radius 3 is 2.60 bits per heavy atom. The molecule has 0 radical (unpaired) electrons. The fourth-order valence-corrected chi connectivity index (χ4v) is 3.17. The Morgan fingerprint density at radius 2 is 2.00 bits per heavy atom. The van der Waals surface area contributed by atoms with E-state index >= 15 is 0 Å². The Kier molecular flexibility index (Phi) is 8.93. The first-order valence-electron chi connectivity index (χ1n) is 7.80. The zero-order valence-corrected chi connectivity index (χ0v) is 14.0. The first kappa shape index (κ1) is 18.1. The maximum Gasteiger partial charge on any atom is 0.0897 e. The van der Waals surface area contributed by atoms with Crippen molar-refractivity contribution in [2.45, 2.75) is 64.2 Å². The molecule has 1 aliphatic rings. The number of hydrogen-bond donors (Lipinski definition) is 2. The predicted octanol–water partition coefficient (Wildman–Crippen LogP) is 1.69. The molecule has 4 nitrogen and oxygen atoms in total. The molecule has 0 amide bonds. The molecule has 0 saturated heterocycles. The van der Waals surface area contributed by atoms with E-state index in [2.05, 4.69) is 19.2 Å². The van der Waals surface area contributed by atoms with E-state index in [0.29, 0.717) is 25.0 Å². The average Bonchev–Trinajstić information content (AvgIpc) is 2.42. The normalized spacial score (nSPS) is 28.0. The second-order valence-electron chi connectivity index (χ2n) is 6.24. The summed E-state index contributed by atoms with van der Waals surface area (Å²) in [5.41, 5.74) is 0. The summed E-state index contributed by atoms with van der Waals surface area (Å²) in [6.45, 7) is 5.31. The van der Waals surface area contributed by atoms with E-state index in [1.165, 1.54) is 12.8 Å². The average molecular weight is 305 g/mol. The van der Waals surface area contributed by atoms with E-state index in [4.69, 9.17) is 4.74 Å². The van der Waals surface area contributed by atoms with Crippen LogP contribution in [0.15, 0.2) is 0 Å². The zero-order chi connectivity index (χ0) is 15.0. The molecule has 3 unspecified atom stereocenters. The minimum absolute atomic E-state index is 0.282. The van der Waals surface area contributed by atoms with Crippen LogP contribution in [0.2, 0.25) is 0 Å². The monoisotopic (exact) mass is 305 g/mol. The molecule has 0 aromatic rings. The Bertz CT molecular complexity index is 280. The zero-order valence-electron chi connectivity index (χ0n) is 13.1. The van der Waals surface area contributed by atoms with Gasteiger partial charge in [-0.2, -0.15) is 0 Å². The molecule has 2 N–H and O–H groups in total. The predicted molar refractivity (Wildman–Crippen MR) is 84.4 cm³/mol. The van der Waals surface area contributed by atoms with Gasteiger partial charge in [-0.3, -0.25) is 4.21 Å². The van der Waals surface area contributed by atoms with E-state index in [-0.39, 0.29) is 6.04 Å². The van der Waals surface area contributed by atoms with Gasteiger partial charge in [-0.25, -0.2) is 0 Å². The fraction of sp³-hybridized carbons (Fsp3) is 1.00. The lowest BCUT2D eigenvalue weighted by atomic mass is 9.89. The van der Waals surface area contributed by atoms with Crippen LogP contribution in [0.5, 0.6) is 0 Å². The number of nitrogens with one attached hydrogen (secondary N) is 1. The molecule has 0 heterocycles. The van der Waals surface area contributed by atoms with E-state index in [9.17, 15) is 9.32 Å². The second-order valence-corrected chi connectivity index (χ2v) is 7.80. The summed E-state index contributed by atoms with van der Waals surface area (Å²) >= 11 is 0. The summed E-state index contributed by atoms with van der Waals surface area (Å²) in [7, 11) is -0.737. The number of hydrogen-bond acceptors (Lipinski definition) is 4. The van der Waals surface area contributed by atoms with Crippen LogP contribution in [0.1, 0.15) is 46.0 Å². The molecule has 120 valence electrons. The molecule has 0 aromatic heterocycles. The summed E-state index contributed by atoms with van der Waals surface area (Å²) in [5, 5.41) is 13.2. The van der Waals surface area contributed by atoms with E-state index in [0.717, 1.165) is 25.2 Å². The van der Waals surface area contributed by atoms with Crippen LogP contribution in [0, 0.1) is 5.92 Å². The highest BCUT2D eigenvalue weighted by Gasteiger charge is 2.19. The Balaban J connectivity index is 2.05. The lowest BCUT2D eigenvalue weighted by molar-refractivity contribution is -0.0283. The third kappa shape index (κ3) is 8.35. The first-order chi connectivity index (χ1) is 9.47. The largest absolute Gasteiger partial charge is 0.389 e. The van der Waals surface area contributed by atoms with E-state index in [1.807, 2.05) is 0 Å². The van der Waals surface area contributed by atoms with Crippen LogP contribution in [0.25, 0.3) is 0 Å². The van der Waals surface area contributed by atoms with Gasteiger partial charge in [0.25, 0.3) is 0 Å². The standard InChI is InChI=1S/C15H31NO3S/c1-12-4-6-15(7-5-12)19-11-14(17)10-16-13(2)8-9-20(3)18/h12-17H,4-11H2,1-3H3. The van der Waals surface area contributed by atoms with Gasteiger partial charge in [0.1, 0.15) is 0 Å². The molecule has 1 aliphatic carbocycles. The third-order valence-corrected chi connectivity index (χ3v) is 4.84. The minimum Gasteiger partial charge on any atom is -0.389 e. The Hall–Kier alpha value is 0.0300. The number of aliphatic hydroxyl groups excluding tert-OH is 1. The Labute approximate surface area is 126 Å². The van der Waals surface area contributed by atoms with Gasteiger partial charge < -0.3 is 15.2 Å². The van der Waals surface area contributed by atoms with Crippen molar-refractivity contribution in [1.29, 1.82) is 0 Å². The maximum absolute atomic E-state index is 11.0. The smallest absolute Gasteiger partial charge is 0.0897 e. The number of rotatable bonds is 9. The van der Waals surface area contributed by atoms with Crippen molar-refractivity contribution < 1.29 is 14.1 Å². The number of ether oxygens (including phenoxy) is 1. The number of aliphatic hydroxyl groups is 1. The van der Waals surface area contributed by atoms with Gasteiger partial charge in [-0.05, 0) is 44.9 Å². The molecular weight excluding hydrogens is 274 g/mol. The van der Waals surface area contributed by atoms with Crippen molar-refractivity contribution in [3.63, 3.8) is 0 Å². The molecular formula is C15H31NO3S. The van der Waals surface area contributed by atoms with Crippen molar-refractivity contribution in [2.75, 3.05) is 25.2 Å². The summed E-state index contributed by atoms with van der Waals surface area (Å²) < 4.78 is 16.8. The van der Waals surface area contributed by atoms with Gasteiger partial charge in [-0.15, -0.1) is 0 Å². The van der Waals surface area contributed by atoms with Crippen LogP contribution in [-0.4, -0.2) is 52.7 Å². The van der Waals surface area contributed by atoms with Crippen LogP contribution in [0.4, 0.5) is 0 Å². The van der Waals surface area contributed by atoms with Crippen LogP contribution in [-0.2, 0) is 15.5 Å². The molecule has 1 rings (SSSR count). The molecule has 3 atom stereocenters. The maximum atomic E-state index is 11.0. The minimum atomic E-state index is -0.737. The van der Waals surface area contributed by atoms with Crippen LogP contribution < -0.4 is 5.32 Å². The molecule has 1 saturated carbocycles. The molecule has 0 aromatic carbocycles. The highest BCUT2D eigenvalue weighted by molar-refractivity contribution is 7.84. The molecule has 5 heteroatoms. The molecule has 0 aliphatic heterocycles. The highest BCUT2D eigenvalue weighted by Crippen LogP contribution is 2.25. The van der Waals surface area contributed by atoms with E-state index < -0.39 is 16.9 Å². The second kappa shape index (κ2) is 9.87. The van der Waals surface area contributed by atoms with Crippen LogP contribution in [0.3, 0.4) is 0 Å². The summed E-state index contributed by atoms with van der Waals surface area (Å²) in [4.78, 5) is 0. The lowest BCUT2D eigenvalue weighted by Gasteiger charge is -2.27. The fourth-order valence-electron chi connectivity index (χ4n) is 2.48. The topological polar surface area (TPSA) is 58.6 Å². The Morgan fingerprint density at radius 1 is 1.35 bits per heavy atom. The summed E-state index contributed by atoms with van der Waals surface area (Å²) in [6.07, 6.45) is 7.20. The molecule has 1 fully saturated rings. The lowest BCUT2D eigenvalue weighted by Crippen LogP contribution is -2.37. The molecule has 20 heavy (non-hydrogen) atoms. The quantitative estimate of drug-likeness (QED) is 0.680. The van der Waals surface area contributed by atoms with Gasteiger partial charge in [0, 0.05) is 35.4 Å². The van der Waals surface area contributed by atoms with Crippen molar-refractivity contribution in [3.8, 4) is 0 Å².